The molecule has 1 aromatic heterocycles. The van der Waals surface area contributed by atoms with E-state index in [4.69, 9.17) is 9.84 Å². The number of aromatic nitrogens is 2. The number of rotatable bonds is 5. The van der Waals surface area contributed by atoms with Gasteiger partial charge in [0, 0.05) is 13.7 Å². The lowest BCUT2D eigenvalue weighted by Crippen LogP contribution is -2.25. The average Bonchev–Trinajstić information content (AvgIpc) is 2.51. The van der Waals surface area contributed by atoms with Gasteiger partial charge in [0.25, 0.3) is 0 Å². The van der Waals surface area contributed by atoms with Crippen LogP contribution < -0.4 is 0 Å². The molecule has 0 atom stereocenters. The summed E-state index contributed by atoms with van der Waals surface area (Å²) in [7, 11) is 1.67. The first-order valence-electron chi connectivity index (χ1n) is 5.61. The predicted octanol–water partition coefficient (Wildman–Crippen LogP) is 2.01. The Kier molecular flexibility index (Phi) is 3.93. The third-order valence-corrected chi connectivity index (χ3v) is 3.07. The largest absolute Gasteiger partial charge is 0.478 e. The molecule has 0 saturated carbocycles. The molecular formula is C12H20N2O3. The van der Waals surface area contributed by atoms with E-state index in [0.717, 1.165) is 6.42 Å². The highest BCUT2D eigenvalue weighted by atomic mass is 16.5. The van der Waals surface area contributed by atoms with Crippen LogP contribution in [0, 0.1) is 13.8 Å². The van der Waals surface area contributed by atoms with Gasteiger partial charge in [0.1, 0.15) is 5.56 Å². The zero-order valence-electron chi connectivity index (χ0n) is 11.1. The molecular weight excluding hydrogens is 220 g/mol. The minimum atomic E-state index is -0.919. The fourth-order valence-corrected chi connectivity index (χ4v) is 1.70. The molecule has 0 aromatic carbocycles. The van der Waals surface area contributed by atoms with Gasteiger partial charge in [0.05, 0.1) is 17.0 Å². The molecule has 0 bridgehead atoms. The Morgan fingerprint density at radius 3 is 2.47 bits per heavy atom. The summed E-state index contributed by atoms with van der Waals surface area (Å²) in [6.07, 6.45) is 0.782. The molecule has 0 saturated heterocycles. The van der Waals surface area contributed by atoms with E-state index in [0.29, 0.717) is 23.5 Å². The van der Waals surface area contributed by atoms with Crippen LogP contribution in [0.25, 0.3) is 0 Å². The summed E-state index contributed by atoms with van der Waals surface area (Å²) in [5.74, 6) is -0.919. The van der Waals surface area contributed by atoms with Crippen molar-refractivity contribution in [3.05, 3.63) is 17.0 Å². The van der Waals surface area contributed by atoms with Gasteiger partial charge >= 0.3 is 5.97 Å². The van der Waals surface area contributed by atoms with Crippen LogP contribution in [0.2, 0.25) is 0 Å². The number of hydrogen-bond acceptors (Lipinski definition) is 3. The second-order valence-corrected chi connectivity index (χ2v) is 4.79. The summed E-state index contributed by atoms with van der Waals surface area (Å²) in [4.78, 5) is 11.0. The zero-order valence-corrected chi connectivity index (χ0v) is 11.1. The van der Waals surface area contributed by atoms with Gasteiger partial charge in [-0.15, -0.1) is 0 Å². The van der Waals surface area contributed by atoms with E-state index in [1.54, 1.807) is 25.6 Å². The fourth-order valence-electron chi connectivity index (χ4n) is 1.70. The average molecular weight is 240 g/mol. The Labute approximate surface area is 101 Å². The van der Waals surface area contributed by atoms with Crippen LogP contribution in [-0.2, 0) is 11.3 Å². The first kappa shape index (κ1) is 13.7. The van der Waals surface area contributed by atoms with Crippen LogP contribution in [0.5, 0.6) is 0 Å². The maximum atomic E-state index is 11.0. The summed E-state index contributed by atoms with van der Waals surface area (Å²) < 4.78 is 7.06. The molecule has 5 heteroatoms. The highest BCUT2D eigenvalue weighted by Crippen LogP contribution is 2.17. The summed E-state index contributed by atoms with van der Waals surface area (Å²) in [5.41, 5.74) is 1.34. The summed E-state index contributed by atoms with van der Waals surface area (Å²) in [6.45, 7) is 8.14. The van der Waals surface area contributed by atoms with Crippen molar-refractivity contribution in [1.29, 1.82) is 0 Å². The van der Waals surface area contributed by atoms with Crippen LogP contribution in [0.3, 0.4) is 0 Å². The number of aromatic carboxylic acids is 1. The maximum Gasteiger partial charge on any atom is 0.339 e. The van der Waals surface area contributed by atoms with Gasteiger partial charge in [0.15, 0.2) is 0 Å². The Bertz CT molecular complexity index is 422. The minimum Gasteiger partial charge on any atom is -0.478 e. The van der Waals surface area contributed by atoms with Crippen molar-refractivity contribution in [3.63, 3.8) is 0 Å². The molecule has 0 aliphatic rings. The van der Waals surface area contributed by atoms with Crippen molar-refractivity contribution in [2.75, 3.05) is 7.11 Å². The summed E-state index contributed by atoms with van der Waals surface area (Å²) in [6, 6.07) is 0. The number of hydrogen-bond donors (Lipinski definition) is 1. The molecule has 0 amide bonds. The number of ether oxygens (including phenoxy) is 1. The number of nitrogens with zero attached hydrogens (tertiary/aromatic N) is 2. The summed E-state index contributed by atoms with van der Waals surface area (Å²) >= 11 is 0. The highest BCUT2D eigenvalue weighted by Gasteiger charge is 2.20. The molecule has 1 heterocycles. The van der Waals surface area contributed by atoms with Crippen LogP contribution >= 0.6 is 0 Å². The lowest BCUT2D eigenvalue weighted by molar-refractivity contribution is 0.0112. The van der Waals surface area contributed by atoms with Gasteiger partial charge in [-0.05, 0) is 34.1 Å². The zero-order chi connectivity index (χ0) is 13.2. The Balaban J connectivity index is 2.87. The minimum absolute atomic E-state index is 0.227. The first-order valence-corrected chi connectivity index (χ1v) is 5.61. The number of aryl methyl sites for hydroxylation is 2. The van der Waals surface area contributed by atoms with Crippen molar-refractivity contribution in [2.24, 2.45) is 0 Å². The van der Waals surface area contributed by atoms with Gasteiger partial charge < -0.3 is 9.84 Å². The van der Waals surface area contributed by atoms with Crippen LogP contribution in [-0.4, -0.2) is 33.6 Å². The van der Waals surface area contributed by atoms with Gasteiger partial charge in [-0.25, -0.2) is 4.79 Å². The molecule has 0 unspecified atom stereocenters. The van der Waals surface area contributed by atoms with Gasteiger partial charge in [-0.1, -0.05) is 0 Å². The third-order valence-electron chi connectivity index (χ3n) is 3.07. The lowest BCUT2D eigenvalue weighted by atomic mass is 10.1. The Hall–Kier alpha value is -1.36. The molecule has 1 N–H and O–H groups in total. The maximum absolute atomic E-state index is 11.0. The van der Waals surface area contributed by atoms with Gasteiger partial charge in [-0.2, -0.15) is 5.10 Å². The lowest BCUT2D eigenvalue weighted by Gasteiger charge is -2.22. The van der Waals surface area contributed by atoms with Crippen molar-refractivity contribution in [3.8, 4) is 0 Å². The topological polar surface area (TPSA) is 64.4 Å². The normalized spacial score (nSPS) is 11.8. The van der Waals surface area contributed by atoms with Crippen LogP contribution in [0.4, 0.5) is 0 Å². The van der Waals surface area contributed by atoms with Crippen molar-refractivity contribution in [2.45, 2.75) is 46.3 Å². The molecule has 0 aliphatic carbocycles. The molecule has 0 radical (unpaired) electrons. The first-order chi connectivity index (χ1) is 7.78. The Morgan fingerprint density at radius 2 is 2.06 bits per heavy atom. The SMILES string of the molecule is COC(C)(C)CCn1nc(C)c(C(=O)O)c1C. The number of carbonyl (C=O) groups is 1. The number of methoxy groups -OCH3 is 1. The molecule has 96 valence electrons. The van der Waals surface area contributed by atoms with E-state index < -0.39 is 5.97 Å². The smallest absolute Gasteiger partial charge is 0.339 e. The standard InChI is InChI=1S/C12H20N2O3/c1-8-10(11(15)16)9(2)14(13-8)7-6-12(3,4)17-5/h6-7H2,1-5H3,(H,15,16). The van der Waals surface area contributed by atoms with E-state index in [9.17, 15) is 4.79 Å². The molecule has 0 aliphatic heterocycles. The van der Waals surface area contributed by atoms with Crippen LogP contribution in [0.1, 0.15) is 42.0 Å². The second kappa shape index (κ2) is 4.87. The third kappa shape index (κ3) is 3.06. The molecule has 0 fully saturated rings. The van der Waals surface area contributed by atoms with Crippen LogP contribution in [0.15, 0.2) is 0 Å². The number of carboxylic acid groups (broad SMARTS) is 1. The number of carboxylic acids is 1. The quantitative estimate of drug-likeness (QED) is 0.855. The highest BCUT2D eigenvalue weighted by molar-refractivity contribution is 5.90. The molecule has 1 rings (SSSR count). The predicted molar refractivity (Wildman–Crippen MR) is 64.4 cm³/mol. The Morgan fingerprint density at radius 1 is 1.47 bits per heavy atom. The molecule has 17 heavy (non-hydrogen) atoms. The van der Waals surface area contributed by atoms with E-state index >= 15 is 0 Å². The van der Waals surface area contributed by atoms with E-state index in [2.05, 4.69) is 5.10 Å². The monoisotopic (exact) mass is 240 g/mol. The van der Waals surface area contributed by atoms with Crippen molar-refractivity contribution >= 4 is 5.97 Å². The van der Waals surface area contributed by atoms with E-state index in [-0.39, 0.29) is 5.60 Å². The van der Waals surface area contributed by atoms with Gasteiger partial charge in [0.2, 0.25) is 0 Å². The van der Waals surface area contributed by atoms with Gasteiger partial charge in [-0.3, -0.25) is 4.68 Å². The fraction of sp³-hybridized carbons (Fsp3) is 0.667. The molecule has 5 nitrogen and oxygen atoms in total. The van der Waals surface area contributed by atoms with E-state index in [1.807, 2.05) is 13.8 Å². The molecule has 0 spiro atoms. The van der Waals surface area contributed by atoms with E-state index in [1.165, 1.54) is 0 Å². The summed E-state index contributed by atoms with van der Waals surface area (Å²) in [5, 5.41) is 13.3. The van der Waals surface area contributed by atoms with Crippen molar-refractivity contribution in [1.82, 2.24) is 9.78 Å². The second-order valence-electron chi connectivity index (χ2n) is 4.79. The van der Waals surface area contributed by atoms with Crippen molar-refractivity contribution < 1.29 is 14.6 Å². The molecule has 1 aromatic rings.